The predicted octanol–water partition coefficient (Wildman–Crippen LogP) is 2.15. The Morgan fingerprint density at radius 1 is 1.33 bits per heavy atom. The fourth-order valence-corrected chi connectivity index (χ4v) is 4.18. The molecule has 0 spiro atoms. The van der Waals surface area contributed by atoms with Gasteiger partial charge in [-0.05, 0) is 39.1 Å². The fraction of sp³-hybridized carbons (Fsp3) is 0.929. The quantitative estimate of drug-likeness (QED) is 0.730. The van der Waals surface area contributed by atoms with E-state index in [-0.39, 0.29) is 41.7 Å². The van der Waals surface area contributed by atoms with Gasteiger partial charge in [-0.2, -0.15) is 11.8 Å². The molecular weight excluding hydrogens is 329 g/mol. The molecule has 1 fully saturated rings. The van der Waals surface area contributed by atoms with E-state index in [4.69, 9.17) is 5.73 Å². The monoisotopic (exact) mass is 359 g/mol. The first-order valence-corrected chi connectivity index (χ1v) is 8.35. The normalized spacial score (nSPS) is 21.6. The average Bonchev–Trinajstić information content (AvgIpc) is 2.89. The van der Waals surface area contributed by atoms with Gasteiger partial charge in [-0.15, -0.1) is 24.8 Å². The molecule has 0 radical (unpaired) electrons. The molecule has 0 aromatic heterocycles. The second-order valence-electron chi connectivity index (χ2n) is 5.80. The first-order chi connectivity index (χ1) is 8.96. The molecule has 1 rings (SSSR count). The van der Waals surface area contributed by atoms with Gasteiger partial charge in [-0.3, -0.25) is 4.79 Å². The Morgan fingerprint density at radius 3 is 2.24 bits per heavy atom. The number of hydrogen-bond donors (Lipinski definition) is 2. The predicted molar refractivity (Wildman–Crippen MR) is 97.9 cm³/mol. The van der Waals surface area contributed by atoms with Gasteiger partial charge in [0.1, 0.15) is 0 Å². The fourth-order valence-electron chi connectivity index (χ4n) is 2.63. The lowest BCUT2D eigenvalue weighted by Crippen LogP contribution is -2.56. The molecule has 128 valence electrons. The maximum Gasteiger partial charge on any atom is 0.227 e. The van der Waals surface area contributed by atoms with E-state index in [0.29, 0.717) is 6.54 Å². The van der Waals surface area contributed by atoms with Crippen LogP contribution in [0.5, 0.6) is 0 Å². The molecule has 1 unspecified atom stereocenters. The number of rotatable bonds is 7. The number of nitrogens with zero attached hydrogens (tertiary/aromatic N) is 1. The summed E-state index contributed by atoms with van der Waals surface area (Å²) < 4.78 is 0. The molecule has 1 atom stereocenters. The molecule has 0 saturated carbocycles. The number of carbonyl (C=O) groups is 1. The molecule has 4 nitrogen and oxygen atoms in total. The smallest absolute Gasteiger partial charge is 0.227 e. The van der Waals surface area contributed by atoms with Gasteiger partial charge in [-0.1, -0.05) is 13.8 Å². The van der Waals surface area contributed by atoms with E-state index < -0.39 is 0 Å². The topological polar surface area (TPSA) is 58.4 Å². The largest absolute Gasteiger partial charge is 0.354 e. The van der Waals surface area contributed by atoms with Crippen molar-refractivity contribution in [2.24, 2.45) is 11.1 Å². The first kappa shape index (κ1) is 23.6. The van der Waals surface area contributed by atoms with Crippen LogP contribution in [0.4, 0.5) is 0 Å². The maximum absolute atomic E-state index is 12.5. The van der Waals surface area contributed by atoms with E-state index in [2.05, 4.69) is 24.3 Å². The number of amides is 1. The summed E-state index contributed by atoms with van der Waals surface area (Å²) in [6.45, 7) is 5.25. The Bertz CT molecular complexity index is 298. The van der Waals surface area contributed by atoms with Crippen molar-refractivity contribution in [3.05, 3.63) is 0 Å². The van der Waals surface area contributed by atoms with Crippen molar-refractivity contribution in [3.63, 3.8) is 0 Å². The van der Waals surface area contributed by atoms with Gasteiger partial charge in [0, 0.05) is 24.4 Å². The Kier molecular flexibility index (Phi) is 11.4. The van der Waals surface area contributed by atoms with Crippen molar-refractivity contribution in [1.82, 2.24) is 10.2 Å². The summed E-state index contributed by atoms with van der Waals surface area (Å²) >= 11 is 1.97. The van der Waals surface area contributed by atoms with Gasteiger partial charge in [0.05, 0.1) is 5.41 Å². The van der Waals surface area contributed by atoms with Crippen LogP contribution in [-0.4, -0.2) is 55.0 Å². The molecule has 0 aromatic carbocycles. The lowest BCUT2D eigenvalue weighted by Gasteiger charge is -2.37. The summed E-state index contributed by atoms with van der Waals surface area (Å²) in [4.78, 5) is 14.7. The molecule has 7 heteroatoms. The molecule has 3 N–H and O–H groups in total. The van der Waals surface area contributed by atoms with Crippen molar-refractivity contribution in [2.75, 3.05) is 38.7 Å². The van der Waals surface area contributed by atoms with E-state index in [1.165, 1.54) is 5.75 Å². The van der Waals surface area contributed by atoms with Gasteiger partial charge >= 0.3 is 0 Å². The Morgan fingerprint density at radius 2 is 1.90 bits per heavy atom. The zero-order valence-corrected chi connectivity index (χ0v) is 16.1. The van der Waals surface area contributed by atoms with Gasteiger partial charge in [0.15, 0.2) is 0 Å². The molecule has 1 heterocycles. The average molecular weight is 360 g/mol. The third-order valence-corrected chi connectivity index (χ3v) is 6.07. The van der Waals surface area contributed by atoms with Crippen LogP contribution < -0.4 is 11.1 Å². The zero-order valence-electron chi connectivity index (χ0n) is 13.6. The molecule has 1 saturated heterocycles. The summed E-state index contributed by atoms with van der Waals surface area (Å²) in [5.41, 5.74) is 5.55. The van der Waals surface area contributed by atoms with Crippen molar-refractivity contribution in [2.45, 2.75) is 38.6 Å². The molecule has 21 heavy (non-hydrogen) atoms. The zero-order chi connectivity index (χ0) is 14.5. The molecule has 1 aliphatic heterocycles. The summed E-state index contributed by atoms with van der Waals surface area (Å²) in [6, 6.07) is 0. The van der Waals surface area contributed by atoms with E-state index in [1.54, 1.807) is 0 Å². The maximum atomic E-state index is 12.5. The molecule has 0 aliphatic carbocycles. The summed E-state index contributed by atoms with van der Waals surface area (Å²) in [6.07, 6.45) is 2.74. The second kappa shape index (κ2) is 10.2. The van der Waals surface area contributed by atoms with Crippen molar-refractivity contribution in [1.29, 1.82) is 0 Å². The standard InChI is InChI=1S/C14H29N3OS.2ClH/c1-5-13(6-2,9-15)12(18)16-10-14(17(3)4)7-8-19-11-14;;/h5-11,15H2,1-4H3,(H,16,18);2*1H. The molecule has 1 amide bonds. The highest BCUT2D eigenvalue weighted by Crippen LogP contribution is 2.32. The van der Waals surface area contributed by atoms with Gasteiger partial charge < -0.3 is 16.0 Å². The number of nitrogens with two attached hydrogens (primary N) is 1. The van der Waals surface area contributed by atoms with Crippen LogP contribution in [-0.2, 0) is 4.79 Å². The number of thioether (sulfide) groups is 1. The van der Waals surface area contributed by atoms with E-state index in [0.717, 1.165) is 31.6 Å². The highest BCUT2D eigenvalue weighted by Gasteiger charge is 2.39. The van der Waals surface area contributed by atoms with E-state index >= 15 is 0 Å². The van der Waals surface area contributed by atoms with Crippen LogP contribution in [0.25, 0.3) is 0 Å². The van der Waals surface area contributed by atoms with Crippen LogP contribution in [0.1, 0.15) is 33.1 Å². The summed E-state index contributed by atoms with van der Waals surface area (Å²) in [5.74, 6) is 2.39. The van der Waals surface area contributed by atoms with E-state index in [1.807, 2.05) is 25.6 Å². The minimum atomic E-state index is -0.390. The number of carbonyl (C=O) groups excluding carboxylic acids is 1. The summed E-state index contributed by atoms with van der Waals surface area (Å²) in [5, 5.41) is 3.17. The van der Waals surface area contributed by atoms with Crippen LogP contribution >= 0.6 is 36.6 Å². The third kappa shape index (κ3) is 5.17. The molecule has 0 bridgehead atoms. The minimum Gasteiger partial charge on any atom is -0.354 e. The van der Waals surface area contributed by atoms with Gasteiger partial charge in [0.25, 0.3) is 0 Å². The molecule has 0 aromatic rings. The van der Waals surface area contributed by atoms with E-state index in [9.17, 15) is 4.79 Å². The van der Waals surface area contributed by atoms with Gasteiger partial charge in [-0.25, -0.2) is 0 Å². The Balaban J connectivity index is 0. The van der Waals surface area contributed by atoms with Gasteiger partial charge in [0.2, 0.25) is 5.91 Å². The number of likely N-dealkylation sites (N-methyl/N-ethyl adjacent to an activating group) is 1. The second-order valence-corrected chi connectivity index (χ2v) is 6.90. The van der Waals surface area contributed by atoms with Crippen LogP contribution in [0, 0.1) is 5.41 Å². The summed E-state index contributed by atoms with van der Waals surface area (Å²) in [7, 11) is 4.21. The number of nitrogens with one attached hydrogen (secondary N) is 1. The van der Waals surface area contributed by atoms with Crippen molar-refractivity contribution >= 4 is 42.5 Å². The number of halogens is 2. The van der Waals surface area contributed by atoms with Crippen LogP contribution in [0.2, 0.25) is 0 Å². The van der Waals surface area contributed by atoms with Crippen molar-refractivity contribution in [3.8, 4) is 0 Å². The lowest BCUT2D eigenvalue weighted by atomic mass is 9.81. The Hall–Kier alpha value is 0.320. The highest BCUT2D eigenvalue weighted by molar-refractivity contribution is 7.99. The lowest BCUT2D eigenvalue weighted by molar-refractivity contribution is -0.131. The SMILES string of the molecule is CCC(CC)(CN)C(=O)NCC1(N(C)C)CCSC1.Cl.Cl. The van der Waals surface area contributed by atoms with Crippen LogP contribution in [0.3, 0.4) is 0 Å². The first-order valence-electron chi connectivity index (χ1n) is 7.20. The van der Waals surface area contributed by atoms with Crippen LogP contribution in [0.15, 0.2) is 0 Å². The minimum absolute atomic E-state index is 0. The third-order valence-electron chi connectivity index (χ3n) is 4.84. The highest BCUT2D eigenvalue weighted by atomic mass is 35.5. The Labute approximate surface area is 146 Å². The van der Waals surface area contributed by atoms with Crippen molar-refractivity contribution < 1.29 is 4.79 Å². The molecule has 1 aliphatic rings. The number of hydrogen-bond acceptors (Lipinski definition) is 4. The molecular formula is C14H31Cl2N3OS.